The first-order valence-electron chi connectivity index (χ1n) is 6.65. The summed E-state index contributed by atoms with van der Waals surface area (Å²) in [6.07, 6.45) is 2.83. The molecule has 0 atom stereocenters. The van der Waals surface area contributed by atoms with Crippen molar-refractivity contribution in [3.8, 4) is 0 Å². The molecule has 2 rings (SSSR count). The minimum Gasteiger partial charge on any atom is -0.369 e. The maximum absolute atomic E-state index is 4.46. The van der Waals surface area contributed by atoms with Crippen LogP contribution in [0.4, 0.5) is 11.8 Å². The number of hydrogen-bond donors (Lipinski definition) is 2. The molecule has 1 aromatic carbocycles. The van der Waals surface area contributed by atoms with Crippen molar-refractivity contribution in [1.29, 1.82) is 0 Å². The Morgan fingerprint density at radius 1 is 1.11 bits per heavy atom. The van der Waals surface area contributed by atoms with Gasteiger partial charge in [-0.25, -0.2) is 4.98 Å². The van der Waals surface area contributed by atoms with Gasteiger partial charge in [0.05, 0.1) is 0 Å². The van der Waals surface area contributed by atoms with Crippen LogP contribution in [0.2, 0.25) is 0 Å². The van der Waals surface area contributed by atoms with Crippen LogP contribution in [0.1, 0.15) is 18.1 Å². The molecule has 0 radical (unpaired) electrons. The molecule has 2 aromatic rings. The lowest BCUT2D eigenvalue weighted by Crippen LogP contribution is -2.10. The SMILES string of the molecule is CCNc1ncc(C)c(NCCc2ccccc2)n1. The molecule has 0 aliphatic rings. The molecule has 1 aromatic heterocycles. The summed E-state index contributed by atoms with van der Waals surface area (Å²) in [6.45, 7) is 5.74. The minimum atomic E-state index is 0.676. The van der Waals surface area contributed by atoms with Crippen molar-refractivity contribution < 1.29 is 0 Å². The van der Waals surface area contributed by atoms with Gasteiger partial charge in [-0.15, -0.1) is 0 Å². The Bertz CT molecular complexity index is 511. The number of nitrogens with one attached hydrogen (secondary N) is 2. The second kappa shape index (κ2) is 6.73. The molecule has 0 unspecified atom stereocenters. The zero-order valence-electron chi connectivity index (χ0n) is 11.5. The molecule has 0 saturated carbocycles. The summed E-state index contributed by atoms with van der Waals surface area (Å²) < 4.78 is 0. The van der Waals surface area contributed by atoms with Gasteiger partial charge in [-0.1, -0.05) is 30.3 Å². The van der Waals surface area contributed by atoms with Crippen LogP contribution in [0, 0.1) is 6.92 Å². The Hall–Kier alpha value is -2.10. The van der Waals surface area contributed by atoms with Gasteiger partial charge in [0.1, 0.15) is 5.82 Å². The molecule has 4 nitrogen and oxygen atoms in total. The molecule has 0 fully saturated rings. The highest BCUT2D eigenvalue weighted by Gasteiger charge is 2.02. The standard InChI is InChI=1S/C15H20N4/c1-3-16-15-18-11-12(2)14(19-15)17-10-9-13-7-5-4-6-8-13/h4-8,11H,3,9-10H2,1-2H3,(H2,16,17,18,19). The van der Waals surface area contributed by atoms with Crippen LogP contribution >= 0.6 is 0 Å². The topological polar surface area (TPSA) is 49.8 Å². The van der Waals surface area contributed by atoms with E-state index in [0.29, 0.717) is 5.95 Å². The number of rotatable bonds is 6. The first kappa shape index (κ1) is 13.3. The lowest BCUT2D eigenvalue weighted by atomic mass is 10.1. The second-order valence-electron chi connectivity index (χ2n) is 4.42. The Kier molecular flexibility index (Phi) is 4.72. The van der Waals surface area contributed by atoms with Crippen molar-refractivity contribution >= 4 is 11.8 Å². The quantitative estimate of drug-likeness (QED) is 0.834. The van der Waals surface area contributed by atoms with Gasteiger partial charge in [0, 0.05) is 24.8 Å². The third kappa shape index (κ3) is 3.95. The summed E-state index contributed by atoms with van der Waals surface area (Å²) in [5.41, 5.74) is 2.39. The van der Waals surface area contributed by atoms with E-state index in [0.717, 1.165) is 30.9 Å². The van der Waals surface area contributed by atoms with Gasteiger partial charge >= 0.3 is 0 Å². The number of anilines is 2. The van der Waals surface area contributed by atoms with Crippen LogP contribution in [0.25, 0.3) is 0 Å². The van der Waals surface area contributed by atoms with Crippen LogP contribution in [0.3, 0.4) is 0 Å². The van der Waals surface area contributed by atoms with Crippen molar-refractivity contribution in [2.75, 3.05) is 23.7 Å². The van der Waals surface area contributed by atoms with Gasteiger partial charge in [-0.2, -0.15) is 4.98 Å². The van der Waals surface area contributed by atoms with Crippen molar-refractivity contribution in [3.63, 3.8) is 0 Å². The van der Waals surface area contributed by atoms with Gasteiger partial charge in [0.15, 0.2) is 0 Å². The van der Waals surface area contributed by atoms with E-state index in [-0.39, 0.29) is 0 Å². The van der Waals surface area contributed by atoms with E-state index in [9.17, 15) is 0 Å². The first-order chi connectivity index (χ1) is 9.29. The Morgan fingerprint density at radius 3 is 2.63 bits per heavy atom. The Balaban J connectivity index is 1.93. The molecule has 100 valence electrons. The van der Waals surface area contributed by atoms with Crippen molar-refractivity contribution in [1.82, 2.24) is 9.97 Å². The molecule has 19 heavy (non-hydrogen) atoms. The highest BCUT2D eigenvalue weighted by molar-refractivity contribution is 5.46. The maximum Gasteiger partial charge on any atom is 0.224 e. The predicted octanol–water partition coefficient (Wildman–Crippen LogP) is 2.87. The summed E-state index contributed by atoms with van der Waals surface area (Å²) in [7, 11) is 0. The van der Waals surface area contributed by atoms with E-state index < -0.39 is 0 Å². The number of aromatic nitrogens is 2. The third-order valence-electron chi connectivity index (χ3n) is 2.86. The fourth-order valence-electron chi connectivity index (χ4n) is 1.83. The highest BCUT2D eigenvalue weighted by Crippen LogP contribution is 2.12. The summed E-state index contributed by atoms with van der Waals surface area (Å²) in [6, 6.07) is 10.4. The van der Waals surface area contributed by atoms with Gasteiger partial charge in [0.25, 0.3) is 0 Å². The molecule has 0 spiro atoms. The molecule has 4 heteroatoms. The van der Waals surface area contributed by atoms with Crippen molar-refractivity contribution in [3.05, 3.63) is 47.7 Å². The summed E-state index contributed by atoms with van der Waals surface area (Å²) in [5, 5.41) is 6.49. The number of benzene rings is 1. The number of hydrogen-bond acceptors (Lipinski definition) is 4. The van der Waals surface area contributed by atoms with Crippen LogP contribution in [-0.4, -0.2) is 23.1 Å². The minimum absolute atomic E-state index is 0.676. The van der Waals surface area contributed by atoms with Crippen LogP contribution in [0.15, 0.2) is 36.5 Å². The highest BCUT2D eigenvalue weighted by atomic mass is 15.1. The summed E-state index contributed by atoms with van der Waals surface area (Å²) in [5.74, 6) is 1.58. The monoisotopic (exact) mass is 256 g/mol. The second-order valence-corrected chi connectivity index (χ2v) is 4.42. The first-order valence-corrected chi connectivity index (χ1v) is 6.65. The van der Waals surface area contributed by atoms with E-state index >= 15 is 0 Å². The van der Waals surface area contributed by atoms with Crippen LogP contribution in [0.5, 0.6) is 0 Å². The lowest BCUT2D eigenvalue weighted by molar-refractivity contribution is 0.987. The van der Waals surface area contributed by atoms with Gasteiger partial charge in [-0.3, -0.25) is 0 Å². The molecular formula is C15H20N4. The van der Waals surface area contributed by atoms with Crippen molar-refractivity contribution in [2.45, 2.75) is 20.3 Å². The molecule has 2 N–H and O–H groups in total. The molecular weight excluding hydrogens is 236 g/mol. The van der Waals surface area contributed by atoms with E-state index in [1.165, 1.54) is 5.56 Å². The lowest BCUT2D eigenvalue weighted by Gasteiger charge is -2.10. The Labute approximate surface area is 114 Å². The molecule has 0 amide bonds. The maximum atomic E-state index is 4.46. The molecule has 1 heterocycles. The summed E-state index contributed by atoms with van der Waals surface area (Å²) in [4.78, 5) is 8.69. The molecule has 0 bridgehead atoms. The van der Waals surface area contributed by atoms with Crippen molar-refractivity contribution in [2.24, 2.45) is 0 Å². The Morgan fingerprint density at radius 2 is 1.89 bits per heavy atom. The fraction of sp³-hybridized carbons (Fsp3) is 0.333. The van der Waals surface area contributed by atoms with Crippen LogP contribution in [-0.2, 0) is 6.42 Å². The third-order valence-corrected chi connectivity index (χ3v) is 2.86. The smallest absolute Gasteiger partial charge is 0.224 e. The number of aryl methyl sites for hydroxylation is 1. The molecule has 0 aliphatic carbocycles. The average molecular weight is 256 g/mol. The average Bonchev–Trinajstić information content (AvgIpc) is 2.44. The zero-order valence-corrected chi connectivity index (χ0v) is 11.5. The van der Waals surface area contributed by atoms with Gasteiger partial charge < -0.3 is 10.6 Å². The van der Waals surface area contributed by atoms with E-state index in [2.05, 4.69) is 44.9 Å². The van der Waals surface area contributed by atoms with E-state index in [1.807, 2.05) is 26.1 Å². The number of nitrogens with zero attached hydrogens (tertiary/aromatic N) is 2. The van der Waals surface area contributed by atoms with E-state index in [4.69, 9.17) is 0 Å². The summed E-state index contributed by atoms with van der Waals surface area (Å²) >= 11 is 0. The predicted molar refractivity (Wildman–Crippen MR) is 79.6 cm³/mol. The normalized spacial score (nSPS) is 10.2. The molecule has 0 saturated heterocycles. The van der Waals surface area contributed by atoms with Crippen LogP contribution < -0.4 is 10.6 Å². The molecule has 0 aliphatic heterocycles. The zero-order chi connectivity index (χ0) is 13.5. The van der Waals surface area contributed by atoms with Gasteiger partial charge in [0.2, 0.25) is 5.95 Å². The fourth-order valence-corrected chi connectivity index (χ4v) is 1.83. The largest absolute Gasteiger partial charge is 0.369 e. The van der Waals surface area contributed by atoms with E-state index in [1.54, 1.807) is 0 Å². The van der Waals surface area contributed by atoms with Gasteiger partial charge in [-0.05, 0) is 25.8 Å².